The molecule has 2 amide bonds. The van der Waals surface area contributed by atoms with Crippen LogP contribution in [0.3, 0.4) is 0 Å². The van der Waals surface area contributed by atoms with Crippen molar-refractivity contribution in [2.75, 3.05) is 30.3 Å². The zero-order valence-corrected chi connectivity index (χ0v) is 12.0. The molecular weight excluding hydrogens is 250 g/mol. The summed E-state index contributed by atoms with van der Waals surface area (Å²) in [5.74, 6) is 0. The van der Waals surface area contributed by atoms with Crippen LogP contribution < -0.4 is 10.6 Å². The van der Waals surface area contributed by atoms with E-state index in [2.05, 4.69) is 22.8 Å². The first-order chi connectivity index (χ1) is 9.83. The van der Waals surface area contributed by atoms with Crippen molar-refractivity contribution >= 4 is 17.4 Å². The number of nitrogens with zero attached hydrogens (tertiary/aromatic N) is 1. The molecule has 108 valence electrons. The van der Waals surface area contributed by atoms with Crippen molar-refractivity contribution < 1.29 is 4.79 Å². The van der Waals surface area contributed by atoms with Crippen LogP contribution in [-0.4, -0.2) is 30.6 Å². The zero-order valence-electron chi connectivity index (χ0n) is 12.0. The maximum Gasteiger partial charge on any atom is 0.321 e. The van der Waals surface area contributed by atoms with Crippen LogP contribution in [0.2, 0.25) is 0 Å². The molecule has 0 atom stereocenters. The van der Waals surface area contributed by atoms with E-state index in [9.17, 15) is 4.79 Å². The summed E-state index contributed by atoms with van der Waals surface area (Å²) in [6, 6.07) is 6.23. The van der Waals surface area contributed by atoms with Gasteiger partial charge in [-0.25, -0.2) is 4.79 Å². The minimum absolute atomic E-state index is 0.0515. The SMILES string of the molecule is O=C(Nc1ccc2c(c1)CCCN2)N1CCCCCC1. The van der Waals surface area contributed by atoms with Crippen LogP contribution in [-0.2, 0) is 6.42 Å². The minimum Gasteiger partial charge on any atom is -0.385 e. The molecule has 4 nitrogen and oxygen atoms in total. The highest BCUT2D eigenvalue weighted by molar-refractivity contribution is 5.89. The lowest BCUT2D eigenvalue weighted by atomic mass is 10.0. The van der Waals surface area contributed by atoms with Crippen molar-refractivity contribution in [2.24, 2.45) is 0 Å². The number of anilines is 2. The summed E-state index contributed by atoms with van der Waals surface area (Å²) in [6.45, 7) is 2.82. The van der Waals surface area contributed by atoms with Crippen LogP contribution in [0.25, 0.3) is 0 Å². The Bertz CT molecular complexity index is 479. The molecule has 0 saturated carbocycles. The number of hydrogen-bond acceptors (Lipinski definition) is 2. The lowest BCUT2D eigenvalue weighted by molar-refractivity contribution is 0.214. The molecule has 2 N–H and O–H groups in total. The van der Waals surface area contributed by atoms with Gasteiger partial charge in [-0.05, 0) is 49.4 Å². The van der Waals surface area contributed by atoms with Gasteiger partial charge in [0.1, 0.15) is 0 Å². The average molecular weight is 273 g/mol. The quantitative estimate of drug-likeness (QED) is 0.823. The predicted molar refractivity (Wildman–Crippen MR) is 82.3 cm³/mol. The minimum atomic E-state index is 0.0515. The van der Waals surface area contributed by atoms with Gasteiger partial charge in [0.05, 0.1) is 0 Å². The monoisotopic (exact) mass is 273 g/mol. The van der Waals surface area contributed by atoms with Gasteiger partial charge in [0, 0.05) is 31.0 Å². The fourth-order valence-electron chi connectivity index (χ4n) is 3.03. The predicted octanol–water partition coefficient (Wildman–Crippen LogP) is 3.45. The van der Waals surface area contributed by atoms with Crippen LogP contribution in [0, 0.1) is 0 Å². The van der Waals surface area contributed by atoms with E-state index in [1.165, 1.54) is 24.1 Å². The number of nitrogens with one attached hydrogen (secondary N) is 2. The Hall–Kier alpha value is -1.71. The van der Waals surface area contributed by atoms with E-state index in [1.54, 1.807) is 0 Å². The Morgan fingerprint density at radius 2 is 1.90 bits per heavy atom. The molecule has 0 unspecified atom stereocenters. The van der Waals surface area contributed by atoms with E-state index in [0.29, 0.717) is 0 Å². The fourth-order valence-corrected chi connectivity index (χ4v) is 3.03. The van der Waals surface area contributed by atoms with Gasteiger partial charge in [-0.15, -0.1) is 0 Å². The number of carbonyl (C=O) groups excluding carboxylic acids is 1. The molecule has 1 saturated heterocycles. The van der Waals surface area contributed by atoms with Gasteiger partial charge in [0.15, 0.2) is 0 Å². The molecule has 0 aliphatic carbocycles. The highest BCUT2D eigenvalue weighted by atomic mass is 16.2. The Morgan fingerprint density at radius 1 is 1.10 bits per heavy atom. The molecule has 2 aliphatic heterocycles. The van der Waals surface area contributed by atoms with Crippen molar-refractivity contribution in [3.05, 3.63) is 23.8 Å². The molecule has 20 heavy (non-hydrogen) atoms. The van der Waals surface area contributed by atoms with Gasteiger partial charge in [-0.2, -0.15) is 0 Å². The number of rotatable bonds is 1. The van der Waals surface area contributed by atoms with Crippen LogP contribution >= 0.6 is 0 Å². The highest BCUT2D eigenvalue weighted by Gasteiger charge is 2.16. The number of likely N-dealkylation sites (tertiary alicyclic amines) is 1. The first-order valence-corrected chi connectivity index (χ1v) is 7.76. The van der Waals surface area contributed by atoms with Crippen LogP contribution in [0.1, 0.15) is 37.7 Å². The summed E-state index contributed by atoms with van der Waals surface area (Å²) in [4.78, 5) is 14.2. The third-order valence-corrected chi connectivity index (χ3v) is 4.19. The molecule has 0 spiro atoms. The number of hydrogen-bond donors (Lipinski definition) is 2. The van der Waals surface area contributed by atoms with Crippen molar-refractivity contribution in [2.45, 2.75) is 38.5 Å². The van der Waals surface area contributed by atoms with Gasteiger partial charge >= 0.3 is 6.03 Å². The first kappa shape index (κ1) is 13.3. The second-order valence-electron chi connectivity index (χ2n) is 5.73. The molecule has 2 heterocycles. The third kappa shape index (κ3) is 3.06. The third-order valence-electron chi connectivity index (χ3n) is 4.19. The molecule has 1 aromatic carbocycles. The fraction of sp³-hybridized carbons (Fsp3) is 0.562. The molecule has 0 radical (unpaired) electrons. The standard InChI is InChI=1S/C16H23N3O/c20-16(19-10-3-1-2-4-11-19)18-14-7-8-15-13(12-14)6-5-9-17-15/h7-8,12,17H,1-6,9-11H2,(H,18,20). The summed E-state index contributed by atoms with van der Waals surface area (Å²) < 4.78 is 0. The van der Waals surface area contributed by atoms with Crippen LogP contribution in [0.4, 0.5) is 16.2 Å². The lowest BCUT2D eigenvalue weighted by Gasteiger charge is -2.22. The summed E-state index contributed by atoms with van der Waals surface area (Å²) in [5.41, 5.74) is 3.44. The van der Waals surface area contributed by atoms with E-state index in [0.717, 1.165) is 51.0 Å². The maximum absolute atomic E-state index is 12.3. The second kappa shape index (κ2) is 6.16. The number of benzene rings is 1. The summed E-state index contributed by atoms with van der Waals surface area (Å²) in [5, 5.41) is 6.44. The Kier molecular flexibility index (Phi) is 4.09. The number of amides is 2. The Labute approximate surface area is 120 Å². The summed E-state index contributed by atoms with van der Waals surface area (Å²) >= 11 is 0. The number of aryl methyl sites for hydroxylation is 1. The van der Waals surface area contributed by atoms with Crippen molar-refractivity contribution in [3.8, 4) is 0 Å². The molecule has 0 bridgehead atoms. The second-order valence-corrected chi connectivity index (χ2v) is 5.73. The largest absolute Gasteiger partial charge is 0.385 e. The molecule has 2 aliphatic rings. The number of urea groups is 1. The van der Waals surface area contributed by atoms with Crippen molar-refractivity contribution in [1.29, 1.82) is 0 Å². The van der Waals surface area contributed by atoms with E-state index in [1.807, 2.05) is 11.0 Å². The topological polar surface area (TPSA) is 44.4 Å². The first-order valence-electron chi connectivity index (χ1n) is 7.76. The molecule has 0 aromatic heterocycles. The van der Waals surface area contributed by atoms with Gasteiger partial charge in [0.25, 0.3) is 0 Å². The van der Waals surface area contributed by atoms with Crippen molar-refractivity contribution in [1.82, 2.24) is 4.90 Å². The molecule has 3 rings (SSSR count). The summed E-state index contributed by atoms with van der Waals surface area (Å²) in [6.07, 6.45) is 7.00. The number of carbonyl (C=O) groups is 1. The maximum atomic E-state index is 12.3. The molecule has 1 fully saturated rings. The molecule has 1 aromatic rings. The smallest absolute Gasteiger partial charge is 0.321 e. The lowest BCUT2D eigenvalue weighted by Crippen LogP contribution is -2.35. The average Bonchev–Trinajstić information content (AvgIpc) is 2.76. The normalized spacial score (nSPS) is 18.7. The van der Waals surface area contributed by atoms with Gasteiger partial charge in [-0.3, -0.25) is 0 Å². The van der Waals surface area contributed by atoms with Gasteiger partial charge < -0.3 is 15.5 Å². The van der Waals surface area contributed by atoms with Crippen LogP contribution in [0.5, 0.6) is 0 Å². The van der Waals surface area contributed by atoms with Crippen LogP contribution in [0.15, 0.2) is 18.2 Å². The van der Waals surface area contributed by atoms with E-state index in [4.69, 9.17) is 0 Å². The van der Waals surface area contributed by atoms with E-state index < -0.39 is 0 Å². The number of fused-ring (bicyclic) bond motifs is 1. The Morgan fingerprint density at radius 3 is 2.70 bits per heavy atom. The van der Waals surface area contributed by atoms with E-state index in [-0.39, 0.29) is 6.03 Å². The van der Waals surface area contributed by atoms with Gasteiger partial charge in [-0.1, -0.05) is 12.8 Å². The zero-order chi connectivity index (χ0) is 13.8. The van der Waals surface area contributed by atoms with Gasteiger partial charge in [0.2, 0.25) is 0 Å². The Balaban J connectivity index is 1.66. The summed E-state index contributed by atoms with van der Waals surface area (Å²) in [7, 11) is 0. The highest BCUT2D eigenvalue weighted by Crippen LogP contribution is 2.25. The molecule has 4 heteroatoms. The molecular formula is C16H23N3O. The van der Waals surface area contributed by atoms with E-state index >= 15 is 0 Å². The van der Waals surface area contributed by atoms with Crippen molar-refractivity contribution in [3.63, 3.8) is 0 Å².